The molecule has 1 heterocycles. The zero-order valence-electron chi connectivity index (χ0n) is 8.73. The average Bonchev–Trinajstić information content (AvgIpc) is 2.84. The van der Waals surface area contributed by atoms with Crippen LogP contribution in [0.2, 0.25) is 0 Å². The van der Waals surface area contributed by atoms with Crippen LogP contribution in [-0.2, 0) is 5.54 Å². The van der Waals surface area contributed by atoms with Crippen molar-refractivity contribution in [2.24, 2.45) is 5.73 Å². The lowest BCUT2D eigenvalue weighted by atomic mass is 10.2. The van der Waals surface area contributed by atoms with Gasteiger partial charge in [0.25, 0.3) is 0 Å². The topological polar surface area (TPSA) is 43.8 Å². The molecule has 1 fully saturated rings. The summed E-state index contributed by atoms with van der Waals surface area (Å²) in [4.78, 5) is 0. The minimum atomic E-state index is -0.244. The van der Waals surface area contributed by atoms with Gasteiger partial charge < -0.3 is 5.73 Å². The van der Waals surface area contributed by atoms with Crippen molar-refractivity contribution in [2.45, 2.75) is 18.4 Å². The molecule has 0 radical (unpaired) electrons. The summed E-state index contributed by atoms with van der Waals surface area (Å²) in [5, 5.41) is 4.24. The van der Waals surface area contributed by atoms with Crippen molar-refractivity contribution in [3.8, 4) is 5.69 Å². The number of hydrogen-bond acceptors (Lipinski definition) is 2. The van der Waals surface area contributed by atoms with Gasteiger partial charge in [-0.15, -0.1) is 0 Å². The Morgan fingerprint density at radius 3 is 2.50 bits per heavy atom. The molecule has 0 amide bonds. The van der Waals surface area contributed by atoms with E-state index >= 15 is 0 Å². The van der Waals surface area contributed by atoms with Gasteiger partial charge in [0.1, 0.15) is 5.82 Å². The van der Waals surface area contributed by atoms with Gasteiger partial charge >= 0.3 is 0 Å². The molecule has 1 aromatic heterocycles. The van der Waals surface area contributed by atoms with Crippen molar-refractivity contribution < 1.29 is 4.39 Å². The van der Waals surface area contributed by atoms with E-state index in [1.165, 1.54) is 12.1 Å². The predicted molar refractivity (Wildman–Crippen MR) is 58.6 cm³/mol. The fourth-order valence-corrected chi connectivity index (χ4v) is 1.86. The summed E-state index contributed by atoms with van der Waals surface area (Å²) >= 11 is 0. The Morgan fingerprint density at radius 2 is 1.88 bits per heavy atom. The smallest absolute Gasteiger partial charge is 0.123 e. The van der Waals surface area contributed by atoms with Crippen molar-refractivity contribution in [1.82, 2.24) is 9.78 Å². The molecule has 2 aromatic rings. The number of rotatable bonds is 2. The molecule has 1 saturated carbocycles. The lowest BCUT2D eigenvalue weighted by molar-refractivity contribution is 0.624. The number of hydrogen-bond donors (Lipinski definition) is 1. The number of halogens is 1. The van der Waals surface area contributed by atoms with Crippen LogP contribution in [-0.4, -0.2) is 9.78 Å². The lowest BCUT2D eigenvalue weighted by Gasteiger charge is -2.12. The molecule has 3 nitrogen and oxygen atoms in total. The van der Waals surface area contributed by atoms with Gasteiger partial charge in [-0.2, -0.15) is 5.10 Å². The molecule has 0 atom stereocenters. The summed E-state index contributed by atoms with van der Waals surface area (Å²) < 4.78 is 14.6. The van der Waals surface area contributed by atoms with Gasteiger partial charge in [-0.05, 0) is 43.2 Å². The molecule has 0 aliphatic heterocycles. The second-order valence-corrected chi connectivity index (χ2v) is 4.26. The van der Waals surface area contributed by atoms with Gasteiger partial charge in [-0.1, -0.05) is 0 Å². The molecule has 0 spiro atoms. The molecular formula is C12H12FN3. The summed E-state index contributed by atoms with van der Waals surface area (Å²) in [5.74, 6) is -0.244. The van der Waals surface area contributed by atoms with Crippen LogP contribution in [0.4, 0.5) is 4.39 Å². The maximum atomic E-state index is 12.8. The number of nitrogens with two attached hydrogens (primary N) is 1. The Balaban J connectivity index is 2.06. The molecule has 0 saturated heterocycles. The molecule has 3 rings (SSSR count). The van der Waals surface area contributed by atoms with Crippen molar-refractivity contribution >= 4 is 0 Å². The largest absolute Gasteiger partial charge is 0.320 e. The average molecular weight is 217 g/mol. The Hall–Kier alpha value is -1.68. The second kappa shape index (κ2) is 3.15. The van der Waals surface area contributed by atoms with E-state index in [1.807, 2.05) is 6.07 Å². The maximum absolute atomic E-state index is 12.8. The van der Waals surface area contributed by atoms with Crippen LogP contribution < -0.4 is 5.73 Å². The van der Waals surface area contributed by atoms with Gasteiger partial charge in [0.15, 0.2) is 0 Å². The van der Waals surface area contributed by atoms with Crippen LogP contribution in [0.5, 0.6) is 0 Å². The number of aromatic nitrogens is 2. The summed E-state index contributed by atoms with van der Waals surface area (Å²) in [6.45, 7) is 0. The third-order valence-corrected chi connectivity index (χ3v) is 3.01. The quantitative estimate of drug-likeness (QED) is 0.835. The SMILES string of the molecule is NC1(c2ccnn2-c2ccc(F)cc2)CC1. The minimum Gasteiger partial charge on any atom is -0.320 e. The fraction of sp³-hybridized carbons (Fsp3) is 0.250. The van der Waals surface area contributed by atoms with E-state index in [9.17, 15) is 4.39 Å². The first-order valence-corrected chi connectivity index (χ1v) is 5.28. The summed E-state index contributed by atoms with van der Waals surface area (Å²) in [7, 11) is 0. The summed E-state index contributed by atoms with van der Waals surface area (Å²) in [5.41, 5.74) is 7.76. The van der Waals surface area contributed by atoms with Crippen molar-refractivity contribution in [1.29, 1.82) is 0 Å². The van der Waals surface area contributed by atoms with Gasteiger partial charge in [-0.3, -0.25) is 0 Å². The Bertz CT molecular complexity index is 511. The fourth-order valence-electron chi connectivity index (χ4n) is 1.86. The molecule has 2 N–H and O–H groups in total. The van der Waals surface area contributed by atoms with Crippen LogP contribution in [0.25, 0.3) is 5.69 Å². The monoisotopic (exact) mass is 217 g/mol. The van der Waals surface area contributed by atoms with Gasteiger partial charge in [-0.25, -0.2) is 9.07 Å². The van der Waals surface area contributed by atoms with Gasteiger partial charge in [0.05, 0.1) is 16.9 Å². The van der Waals surface area contributed by atoms with E-state index in [2.05, 4.69) is 5.10 Å². The first-order chi connectivity index (χ1) is 7.69. The lowest BCUT2D eigenvalue weighted by Crippen LogP contribution is -2.22. The van der Waals surface area contributed by atoms with Gasteiger partial charge in [0.2, 0.25) is 0 Å². The predicted octanol–water partition coefficient (Wildman–Crippen LogP) is 1.96. The standard InChI is InChI=1S/C12H12FN3/c13-9-1-3-10(4-2-9)16-11(5-8-15-16)12(14)6-7-12/h1-5,8H,6-7,14H2. The van der Waals surface area contributed by atoms with Crippen molar-refractivity contribution in [2.75, 3.05) is 0 Å². The van der Waals surface area contributed by atoms with Crippen LogP contribution in [0.15, 0.2) is 36.5 Å². The minimum absolute atomic E-state index is 0.231. The van der Waals surface area contributed by atoms with Crippen LogP contribution in [0.1, 0.15) is 18.5 Å². The van der Waals surface area contributed by atoms with Crippen molar-refractivity contribution in [3.05, 3.63) is 48.0 Å². The molecule has 82 valence electrons. The highest BCUT2D eigenvalue weighted by Gasteiger charge is 2.42. The third-order valence-electron chi connectivity index (χ3n) is 3.01. The second-order valence-electron chi connectivity index (χ2n) is 4.26. The summed E-state index contributed by atoms with van der Waals surface area (Å²) in [6.07, 6.45) is 3.70. The summed E-state index contributed by atoms with van der Waals surface area (Å²) in [6, 6.07) is 8.19. The molecule has 16 heavy (non-hydrogen) atoms. The van der Waals surface area contributed by atoms with Crippen molar-refractivity contribution in [3.63, 3.8) is 0 Å². The zero-order chi connectivity index (χ0) is 11.2. The normalized spacial score (nSPS) is 17.4. The van der Waals surface area contributed by atoms with Gasteiger partial charge in [0, 0.05) is 6.20 Å². The van der Waals surface area contributed by atoms with Crippen LogP contribution >= 0.6 is 0 Å². The van der Waals surface area contributed by atoms with E-state index in [-0.39, 0.29) is 11.4 Å². The Labute approximate surface area is 92.7 Å². The van der Waals surface area contributed by atoms with E-state index in [0.29, 0.717) is 0 Å². The number of nitrogens with zero attached hydrogens (tertiary/aromatic N) is 2. The van der Waals surface area contributed by atoms with E-state index in [1.54, 1.807) is 23.0 Å². The van der Waals surface area contributed by atoms with E-state index in [4.69, 9.17) is 5.73 Å². The highest BCUT2D eigenvalue weighted by Crippen LogP contribution is 2.42. The Morgan fingerprint density at radius 1 is 1.19 bits per heavy atom. The third kappa shape index (κ3) is 1.42. The molecule has 1 aromatic carbocycles. The number of benzene rings is 1. The molecule has 0 unspecified atom stereocenters. The molecule has 1 aliphatic rings. The molecule has 4 heteroatoms. The van der Waals surface area contributed by atoms with Crippen LogP contribution in [0, 0.1) is 5.82 Å². The van der Waals surface area contributed by atoms with E-state index < -0.39 is 0 Å². The first kappa shape index (κ1) is 9.54. The van der Waals surface area contributed by atoms with Crippen LogP contribution in [0.3, 0.4) is 0 Å². The first-order valence-electron chi connectivity index (χ1n) is 5.28. The highest BCUT2D eigenvalue weighted by molar-refractivity contribution is 5.36. The Kier molecular flexibility index (Phi) is 1.88. The van der Waals surface area contributed by atoms with E-state index in [0.717, 1.165) is 24.2 Å². The molecule has 1 aliphatic carbocycles. The molecule has 0 bridgehead atoms. The zero-order valence-corrected chi connectivity index (χ0v) is 8.73. The maximum Gasteiger partial charge on any atom is 0.123 e. The highest BCUT2D eigenvalue weighted by atomic mass is 19.1. The molecular weight excluding hydrogens is 205 g/mol.